The number of carboxylic acid groups (broad SMARTS) is 1. The van der Waals surface area contributed by atoms with Crippen molar-refractivity contribution in [3.63, 3.8) is 0 Å². The Bertz CT molecular complexity index is 723. The Balaban J connectivity index is 2.34. The molecule has 0 bridgehead atoms. The molecular formula is C13H13N3O4. The first-order valence-corrected chi connectivity index (χ1v) is 5.99. The number of nitrogens with one attached hydrogen (secondary N) is 2. The number of carboxylic acids is 1. The van der Waals surface area contributed by atoms with Gasteiger partial charge in [0.05, 0.1) is 11.8 Å². The molecule has 0 radical (unpaired) electrons. The maximum Gasteiger partial charge on any atom is 0.305 e. The molecule has 2 rings (SSSR count). The second-order valence-electron chi connectivity index (χ2n) is 4.42. The van der Waals surface area contributed by atoms with Crippen LogP contribution in [-0.2, 0) is 4.79 Å². The number of nitrogens with zero attached hydrogens (tertiary/aromatic N) is 1. The second kappa shape index (κ2) is 5.52. The van der Waals surface area contributed by atoms with Gasteiger partial charge in [-0.1, -0.05) is 18.2 Å². The molecule has 0 aliphatic carbocycles. The Morgan fingerprint density at radius 2 is 2.00 bits per heavy atom. The molecule has 0 aliphatic rings. The van der Waals surface area contributed by atoms with Gasteiger partial charge in [-0.25, -0.2) is 5.10 Å². The summed E-state index contributed by atoms with van der Waals surface area (Å²) < 4.78 is 0. The third-order valence-electron chi connectivity index (χ3n) is 2.77. The molecule has 7 nitrogen and oxygen atoms in total. The fourth-order valence-electron chi connectivity index (χ4n) is 1.89. The van der Waals surface area contributed by atoms with Gasteiger partial charge in [-0.15, -0.1) is 0 Å². The van der Waals surface area contributed by atoms with Gasteiger partial charge in [0.1, 0.15) is 0 Å². The molecule has 1 aromatic heterocycles. The molecule has 0 aliphatic heterocycles. The van der Waals surface area contributed by atoms with Crippen molar-refractivity contribution in [2.24, 2.45) is 0 Å². The van der Waals surface area contributed by atoms with E-state index in [9.17, 15) is 14.4 Å². The van der Waals surface area contributed by atoms with E-state index in [2.05, 4.69) is 15.5 Å². The second-order valence-corrected chi connectivity index (χ2v) is 4.42. The number of aliphatic carboxylic acids is 1. The van der Waals surface area contributed by atoms with E-state index in [0.29, 0.717) is 10.8 Å². The first-order chi connectivity index (χ1) is 9.49. The van der Waals surface area contributed by atoms with Crippen molar-refractivity contribution in [2.45, 2.75) is 19.4 Å². The SMILES string of the molecule is CC(CC(=O)O)NC(=O)c1n[nH]c(=O)c2ccccc12. The Kier molecular flexibility index (Phi) is 3.79. The minimum Gasteiger partial charge on any atom is -0.481 e. The molecule has 104 valence electrons. The zero-order valence-electron chi connectivity index (χ0n) is 10.7. The van der Waals surface area contributed by atoms with E-state index >= 15 is 0 Å². The largest absolute Gasteiger partial charge is 0.481 e. The van der Waals surface area contributed by atoms with Crippen LogP contribution in [0, 0.1) is 0 Å². The maximum absolute atomic E-state index is 12.1. The summed E-state index contributed by atoms with van der Waals surface area (Å²) in [5, 5.41) is 18.0. The molecule has 1 amide bonds. The molecular weight excluding hydrogens is 262 g/mol. The van der Waals surface area contributed by atoms with Gasteiger partial charge in [0.2, 0.25) is 0 Å². The number of amides is 1. The number of rotatable bonds is 4. The topological polar surface area (TPSA) is 112 Å². The van der Waals surface area contributed by atoms with Gasteiger partial charge in [0.25, 0.3) is 11.5 Å². The summed E-state index contributed by atoms with van der Waals surface area (Å²) in [6, 6.07) is 6.06. The van der Waals surface area contributed by atoms with Crippen LogP contribution in [0.3, 0.4) is 0 Å². The molecule has 20 heavy (non-hydrogen) atoms. The average Bonchev–Trinajstić information content (AvgIpc) is 2.38. The Labute approximate surface area is 113 Å². The van der Waals surface area contributed by atoms with E-state index in [4.69, 9.17) is 5.11 Å². The van der Waals surface area contributed by atoms with Crippen molar-refractivity contribution in [1.29, 1.82) is 0 Å². The molecule has 1 atom stereocenters. The number of aromatic amines is 1. The molecule has 1 unspecified atom stereocenters. The van der Waals surface area contributed by atoms with Crippen LogP contribution in [-0.4, -0.2) is 33.2 Å². The van der Waals surface area contributed by atoms with Gasteiger partial charge >= 0.3 is 5.97 Å². The summed E-state index contributed by atoms with van der Waals surface area (Å²) in [5.41, 5.74) is -0.312. The molecule has 3 N–H and O–H groups in total. The molecule has 0 saturated carbocycles. The van der Waals surface area contributed by atoms with Crippen LogP contribution in [0.5, 0.6) is 0 Å². The van der Waals surface area contributed by atoms with Crippen molar-refractivity contribution in [3.05, 3.63) is 40.3 Å². The fraction of sp³-hybridized carbons (Fsp3) is 0.231. The van der Waals surface area contributed by atoms with E-state index in [0.717, 1.165) is 0 Å². The highest BCUT2D eigenvalue weighted by molar-refractivity contribution is 6.04. The minimum absolute atomic E-state index is 0.0671. The monoisotopic (exact) mass is 275 g/mol. The summed E-state index contributed by atoms with van der Waals surface area (Å²) in [6.07, 6.45) is -0.187. The van der Waals surface area contributed by atoms with Crippen LogP contribution in [0.1, 0.15) is 23.8 Å². The van der Waals surface area contributed by atoms with Crippen LogP contribution >= 0.6 is 0 Å². The van der Waals surface area contributed by atoms with Gasteiger partial charge < -0.3 is 10.4 Å². The highest BCUT2D eigenvalue weighted by Crippen LogP contribution is 2.12. The minimum atomic E-state index is -1.00. The lowest BCUT2D eigenvalue weighted by Gasteiger charge is -2.11. The number of hydrogen-bond acceptors (Lipinski definition) is 4. The van der Waals surface area contributed by atoms with Gasteiger partial charge in [-0.05, 0) is 13.0 Å². The van der Waals surface area contributed by atoms with Gasteiger partial charge in [0.15, 0.2) is 5.69 Å². The van der Waals surface area contributed by atoms with Crippen LogP contribution in [0.4, 0.5) is 0 Å². The van der Waals surface area contributed by atoms with E-state index in [-0.39, 0.29) is 17.7 Å². The standard InChI is InChI=1S/C13H13N3O4/c1-7(6-10(17)18)14-13(20)11-8-4-2-3-5-9(8)12(19)16-15-11/h2-5,7H,6H2,1H3,(H,14,20)(H,16,19)(H,17,18). The Hall–Kier alpha value is -2.70. The van der Waals surface area contributed by atoms with Crippen LogP contribution in [0.15, 0.2) is 29.1 Å². The summed E-state index contributed by atoms with van der Waals surface area (Å²) in [6.45, 7) is 1.58. The van der Waals surface area contributed by atoms with E-state index in [1.165, 1.54) is 0 Å². The number of hydrogen-bond donors (Lipinski definition) is 3. The van der Waals surface area contributed by atoms with Crippen molar-refractivity contribution in [1.82, 2.24) is 15.5 Å². The lowest BCUT2D eigenvalue weighted by atomic mass is 10.1. The molecule has 1 aromatic carbocycles. The summed E-state index contributed by atoms with van der Waals surface area (Å²) in [4.78, 5) is 34.2. The lowest BCUT2D eigenvalue weighted by molar-refractivity contribution is -0.137. The van der Waals surface area contributed by atoms with E-state index in [1.807, 2.05) is 0 Å². The average molecular weight is 275 g/mol. The Morgan fingerprint density at radius 1 is 1.35 bits per heavy atom. The summed E-state index contributed by atoms with van der Waals surface area (Å²) >= 11 is 0. The number of H-pyrrole nitrogens is 1. The van der Waals surface area contributed by atoms with Crippen LogP contribution in [0.25, 0.3) is 10.8 Å². The van der Waals surface area contributed by atoms with Crippen molar-refractivity contribution in [3.8, 4) is 0 Å². The molecule has 1 heterocycles. The number of fused-ring (bicyclic) bond motifs is 1. The summed E-state index contributed by atoms with van der Waals surface area (Å²) in [5.74, 6) is -1.52. The van der Waals surface area contributed by atoms with Crippen molar-refractivity contribution >= 4 is 22.6 Å². The zero-order valence-corrected chi connectivity index (χ0v) is 10.7. The number of carbonyl (C=O) groups is 2. The number of carbonyl (C=O) groups excluding carboxylic acids is 1. The normalized spacial score (nSPS) is 12.1. The number of benzene rings is 1. The third-order valence-corrected chi connectivity index (χ3v) is 2.77. The van der Waals surface area contributed by atoms with Crippen LogP contribution in [0.2, 0.25) is 0 Å². The molecule has 0 saturated heterocycles. The maximum atomic E-state index is 12.1. The van der Waals surface area contributed by atoms with Crippen molar-refractivity contribution < 1.29 is 14.7 Å². The predicted molar refractivity (Wildman–Crippen MR) is 71.5 cm³/mol. The van der Waals surface area contributed by atoms with Gasteiger partial charge in [-0.3, -0.25) is 14.4 Å². The molecule has 7 heteroatoms. The highest BCUT2D eigenvalue weighted by Gasteiger charge is 2.17. The number of aromatic nitrogens is 2. The van der Waals surface area contributed by atoms with E-state index in [1.54, 1.807) is 31.2 Å². The van der Waals surface area contributed by atoms with E-state index < -0.39 is 17.9 Å². The van der Waals surface area contributed by atoms with Gasteiger partial charge in [0, 0.05) is 11.4 Å². The molecule has 0 spiro atoms. The van der Waals surface area contributed by atoms with Gasteiger partial charge in [-0.2, -0.15) is 5.10 Å². The lowest BCUT2D eigenvalue weighted by Crippen LogP contribution is -2.35. The first-order valence-electron chi connectivity index (χ1n) is 5.99. The first kappa shape index (κ1) is 13.7. The quantitative estimate of drug-likeness (QED) is 0.752. The summed E-state index contributed by atoms with van der Waals surface area (Å²) in [7, 11) is 0. The van der Waals surface area contributed by atoms with Crippen molar-refractivity contribution in [2.75, 3.05) is 0 Å². The molecule has 2 aromatic rings. The Morgan fingerprint density at radius 3 is 2.65 bits per heavy atom. The third kappa shape index (κ3) is 2.82. The molecule has 0 fully saturated rings. The zero-order chi connectivity index (χ0) is 14.7. The smallest absolute Gasteiger partial charge is 0.305 e. The predicted octanol–water partition coefficient (Wildman–Crippen LogP) is 0.516. The fourth-order valence-corrected chi connectivity index (χ4v) is 1.89. The van der Waals surface area contributed by atoms with Crippen LogP contribution < -0.4 is 10.9 Å². The highest BCUT2D eigenvalue weighted by atomic mass is 16.4.